The third-order valence-corrected chi connectivity index (χ3v) is 3.66. The fourth-order valence-electron chi connectivity index (χ4n) is 1.88. The molecule has 3 nitrogen and oxygen atoms in total. The summed E-state index contributed by atoms with van der Waals surface area (Å²) in [5.41, 5.74) is 6.40. The van der Waals surface area contributed by atoms with Crippen molar-refractivity contribution in [3.05, 3.63) is 28.8 Å². The first-order valence-corrected chi connectivity index (χ1v) is 7.19. The van der Waals surface area contributed by atoms with Crippen LogP contribution in [0, 0.1) is 5.92 Å². The zero-order valence-corrected chi connectivity index (χ0v) is 12.4. The molecule has 0 fully saturated rings. The molecule has 0 aliphatic rings. The third kappa shape index (κ3) is 4.75. The molecule has 0 bridgehead atoms. The number of hydrogen-bond acceptors (Lipinski definition) is 3. The molecule has 4 heteroatoms. The summed E-state index contributed by atoms with van der Waals surface area (Å²) in [6.07, 6.45) is 4.42. The standard InChI is InChI=1S/C15H22ClNO2/c1-3-5-7-11(4-2)10-19-15(18)12-8-6-9-13(17)14(12)16/h6,8-9,11H,3-5,7,10,17H2,1-2H3. The minimum Gasteiger partial charge on any atom is -0.462 e. The lowest BCUT2D eigenvalue weighted by Crippen LogP contribution is -2.14. The zero-order valence-electron chi connectivity index (χ0n) is 11.6. The van der Waals surface area contributed by atoms with Crippen molar-refractivity contribution < 1.29 is 9.53 Å². The largest absolute Gasteiger partial charge is 0.462 e. The molecular formula is C15H22ClNO2. The second kappa shape index (κ2) is 8.05. The predicted molar refractivity (Wildman–Crippen MR) is 79.5 cm³/mol. The van der Waals surface area contributed by atoms with E-state index in [4.69, 9.17) is 22.1 Å². The summed E-state index contributed by atoms with van der Waals surface area (Å²) in [4.78, 5) is 11.9. The van der Waals surface area contributed by atoms with Gasteiger partial charge in [-0.05, 0) is 24.5 Å². The van der Waals surface area contributed by atoms with Gasteiger partial charge in [0.15, 0.2) is 0 Å². The number of ether oxygens (including phenoxy) is 1. The summed E-state index contributed by atoms with van der Waals surface area (Å²) < 4.78 is 5.34. The van der Waals surface area contributed by atoms with Gasteiger partial charge in [-0.15, -0.1) is 0 Å². The normalized spacial score (nSPS) is 12.2. The van der Waals surface area contributed by atoms with E-state index in [1.807, 2.05) is 0 Å². The Kier molecular flexibility index (Phi) is 6.71. The van der Waals surface area contributed by atoms with E-state index in [9.17, 15) is 4.79 Å². The van der Waals surface area contributed by atoms with E-state index in [0.29, 0.717) is 23.8 Å². The lowest BCUT2D eigenvalue weighted by molar-refractivity contribution is 0.0428. The van der Waals surface area contributed by atoms with Gasteiger partial charge in [0.1, 0.15) is 0 Å². The average molecular weight is 284 g/mol. The number of rotatable bonds is 7. The van der Waals surface area contributed by atoms with Crippen LogP contribution in [0.4, 0.5) is 5.69 Å². The van der Waals surface area contributed by atoms with Crippen LogP contribution in [-0.2, 0) is 4.74 Å². The molecule has 0 saturated heterocycles. The van der Waals surface area contributed by atoms with E-state index in [0.717, 1.165) is 25.7 Å². The molecule has 1 aromatic rings. The monoisotopic (exact) mass is 283 g/mol. The maximum Gasteiger partial charge on any atom is 0.339 e. The Morgan fingerprint density at radius 1 is 1.42 bits per heavy atom. The zero-order chi connectivity index (χ0) is 14.3. The maximum atomic E-state index is 11.9. The predicted octanol–water partition coefficient (Wildman–Crippen LogP) is 4.30. The summed E-state index contributed by atoms with van der Waals surface area (Å²) in [6, 6.07) is 5.00. The maximum absolute atomic E-state index is 11.9. The fourth-order valence-corrected chi connectivity index (χ4v) is 2.08. The molecule has 0 aliphatic heterocycles. The Morgan fingerprint density at radius 2 is 2.16 bits per heavy atom. The van der Waals surface area contributed by atoms with Crippen LogP contribution in [0.3, 0.4) is 0 Å². The minimum absolute atomic E-state index is 0.272. The molecule has 0 spiro atoms. The first-order valence-electron chi connectivity index (χ1n) is 6.81. The average Bonchev–Trinajstić information content (AvgIpc) is 2.42. The second-order valence-electron chi connectivity index (χ2n) is 4.72. The SMILES string of the molecule is CCCCC(CC)COC(=O)c1cccc(N)c1Cl. The van der Waals surface area contributed by atoms with Crippen LogP contribution in [0.25, 0.3) is 0 Å². The molecule has 1 rings (SSSR count). The summed E-state index contributed by atoms with van der Waals surface area (Å²) >= 11 is 6.00. The number of unbranched alkanes of at least 4 members (excludes halogenated alkanes) is 1. The number of hydrogen-bond donors (Lipinski definition) is 1. The van der Waals surface area contributed by atoms with E-state index in [-0.39, 0.29) is 5.02 Å². The van der Waals surface area contributed by atoms with Gasteiger partial charge in [0, 0.05) is 0 Å². The molecule has 0 saturated carbocycles. The number of benzene rings is 1. The van der Waals surface area contributed by atoms with Crippen molar-refractivity contribution in [2.24, 2.45) is 5.92 Å². The summed E-state index contributed by atoms with van der Waals surface area (Å²) in [7, 11) is 0. The Bertz CT molecular complexity index is 421. The second-order valence-corrected chi connectivity index (χ2v) is 5.10. The number of halogens is 1. The van der Waals surface area contributed by atoms with Crippen molar-refractivity contribution in [3.63, 3.8) is 0 Å². The van der Waals surface area contributed by atoms with Gasteiger partial charge >= 0.3 is 5.97 Å². The highest BCUT2D eigenvalue weighted by Crippen LogP contribution is 2.24. The van der Waals surface area contributed by atoms with E-state index >= 15 is 0 Å². The van der Waals surface area contributed by atoms with Crippen LogP contribution in [-0.4, -0.2) is 12.6 Å². The molecule has 0 heterocycles. The number of nitrogen functional groups attached to an aromatic ring is 1. The van der Waals surface area contributed by atoms with Gasteiger partial charge in [-0.1, -0.05) is 50.8 Å². The number of nitrogens with two attached hydrogens (primary N) is 1. The van der Waals surface area contributed by atoms with Gasteiger partial charge in [-0.3, -0.25) is 0 Å². The van der Waals surface area contributed by atoms with Gasteiger partial charge in [0.2, 0.25) is 0 Å². The van der Waals surface area contributed by atoms with Crippen molar-refractivity contribution in [3.8, 4) is 0 Å². The number of esters is 1. The minimum atomic E-state index is -0.396. The molecule has 19 heavy (non-hydrogen) atoms. The topological polar surface area (TPSA) is 52.3 Å². The summed E-state index contributed by atoms with van der Waals surface area (Å²) in [5, 5.41) is 0.272. The quantitative estimate of drug-likeness (QED) is 0.600. The highest BCUT2D eigenvalue weighted by molar-refractivity contribution is 6.36. The molecule has 1 aromatic carbocycles. The Morgan fingerprint density at radius 3 is 2.79 bits per heavy atom. The van der Waals surface area contributed by atoms with Crippen LogP contribution >= 0.6 is 11.6 Å². The smallest absolute Gasteiger partial charge is 0.339 e. The van der Waals surface area contributed by atoms with Crippen molar-refractivity contribution in [1.29, 1.82) is 0 Å². The molecular weight excluding hydrogens is 262 g/mol. The van der Waals surface area contributed by atoms with Crippen LogP contribution in [0.15, 0.2) is 18.2 Å². The lowest BCUT2D eigenvalue weighted by Gasteiger charge is -2.15. The Balaban J connectivity index is 2.57. The van der Waals surface area contributed by atoms with Crippen LogP contribution < -0.4 is 5.73 Å². The molecule has 0 radical (unpaired) electrons. The van der Waals surface area contributed by atoms with Crippen molar-refractivity contribution in [1.82, 2.24) is 0 Å². The van der Waals surface area contributed by atoms with Gasteiger partial charge < -0.3 is 10.5 Å². The molecule has 2 N–H and O–H groups in total. The Hall–Kier alpha value is -1.22. The van der Waals surface area contributed by atoms with Gasteiger partial charge in [-0.2, -0.15) is 0 Å². The van der Waals surface area contributed by atoms with Gasteiger partial charge in [0.25, 0.3) is 0 Å². The van der Waals surface area contributed by atoms with E-state index in [1.54, 1.807) is 18.2 Å². The molecule has 106 valence electrons. The van der Waals surface area contributed by atoms with E-state index in [1.165, 1.54) is 0 Å². The number of anilines is 1. The molecule has 0 aromatic heterocycles. The van der Waals surface area contributed by atoms with Crippen molar-refractivity contribution in [2.75, 3.05) is 12.3 Å². The third-order valence-electron chi connectivity index (χ3n) is 3.24. The summed E-state index contributed by atoms with van der Waals surface area (Å²) in [6.45, 7) is 4.72. The van der Waals surface area contributed by atoms with E-state index in [2.05, 4.69) is 13.8 Å². The first-order chi connectivity index (χ1) is 9.10. The molecule has 1 unspecified atom stereocenters. The van der Waals surface area contributed by atoms with Crippen LogP contribution in [0.2, 0.25) is 5.02 Å². The Labute approximate surface area is 120 Å². The first kappa shape index (κ1) is 15.8. The number of carbonyl (C=O) groups is 1. The lowest BCUT2D eigenvalue weighted by atomic mass is 10.0. The molecule has 0 aliphatic carbocycles. The van der Waals surface area contributed by atoms with Crippen molar-refractivity contribution >= 4 is 23.3 Å². The molecule has 0 amide bonds. The van der Waals surface area contributed by atoms with E-state index < -0.39 is 5.97 Å². The van der Waals surface area contributed by atoms with Crippen LogP contribution in [0.1, 0.15) is 49.9 Å². The molecule has 1 atom stereocenters. The van der Waals surface area contributed by atoms with Gasteiger partial charge in [0.05, 0.1) is 22.9 Å². The fraction of sp³-hybridized carbons (Fsp3) is 0.533. The number of carbonyl (C=O) groups excluding carboxylic acids is 1. The highest BCUT2D eigenvalue weighted by Gasteiger charge is 2.15. The summed E-state index contributed by atoms with van der Waals surface area (Å²) in [5.74, 6) is 0.0241. The van der Waals surface area contributed by atoms with Gasteiger partial charge in [-0.25, -0.2) is 4.79 Å². The van der Waals surface area contributed by atoms with Crippen molar-refractivity contribution in [2.45, 2.75) is 39.5 Å². The van der Waals surface area contributed by atoms with Crippen LogP contribution in [0.5, 0.6) is 0 Å². The highest BCUT2D eigenvalue weighted by atomic mass is 35.5.